The number of unbranched alkanes of at least 4 members (excludes halogenated alkanes) is 14. The van der Waals surface area contributed by atoms with Crippen molar-refractivity contribution in [3.8, 4) is 0 Å². The number of carbonyl (C=O) groups is 2. The third-order valence-electron chi connectivity index (χ3n) is 10.5. The maximum Gasteiger partial charge on any atom is 0.472 e. The summed E-state index contributed by atoms with van der Waals surface area (Å²) >= 11 is 0. The van der Waals surface area contributed by atoms with Crippen LogP contribution in [-0.4, -0.2) is 98.3 Å². The molecule has 0 aliphatic heterocycles. The predicted molar refractivity (Wildman–Crippen MR) is 249 cm³/mol. The first-order valence-electron chi connectivity index (χ1n) is 23.7. The van der Waals surface area contributed by atoms with Crippen molar-refractivity contribution >= 4 is 19.8 Å². The SMILES string of the molecule is CC/C=C/C/C=C/C/C=C/C/C=C/CCCCC(=O)OC[C@H](COP(=O)(O)OC1C(O)C(O)C(O)[C@@H](O)C1O)OC(=O)CCCCCCCCCCC/C=C/C/C=C/CCCCC. The molecular formula is C49H83O13P. The third-order valence-corrected chi connectivity index (χ3v) is 11.5. The molecule has 6 unspecified atom stereocenters. The minimum absolute atomic E-state index is 0.0791. The summed E-state index contributed by atoms with van der Waals surface area (Å²) in [6.07, 6.45) is 35.2. The van der Waals surface area contributed by atoms with Gasteiger partial charge in [-0.25, -0.2) is 4.57 Å². The van der Waals surface area contributed by atoms with Crippen molar-refractivity contribution in [3.63, 3.8) is 0 Å². The van der Waals surface area contributed by atoms with E-state index in [1.54, 1.807) is 0 Å². The van der Waals surface area contributed by atoms with Gasteiger partial charge in [0.05, 0.1) is 6.61 Å². The molecule has 63 heavy (non-hydrogen) atoms. The van der Waals surface area contributed by atoms with E-state index in [2.05, 4.69) is 86.8 Å². The van der Waals surface area contributed by atoms with Crippen LogP contribution < -0.4 is 0 Å². The van der Waals surface area contributed by atoms with Crippen LogP contribution in [0.2, 0.25) is 0 Å². The van der Waals surface area contributed by atoms with Crippen LogP contribution in [0.5, 0.6) is 0 Å². The van der Waals surface area contributed by atoms with Gasteiger partial charge in [-0.3, -0.25) is 18.6 Å². The molecule has 0 aromatic heterocycles. The van der Waals surface area contributed by atoms with E-state index < -0.39 is 75.7 Å². The first kappa shape index (κ1) is 58.3. The second kappa shape index (κ2) is 38.5. The molecule has 1 saturated carbocycles. The van der Waals surface area contributed by atoms with Crippen LogP contribution in [0, 0.1) is 0 Å². The van der Waals surface area contributed by atoms with Crippen LogP contribution in [0.1, 0.15) is 168 Å². The number of hydrogen-bond acceptors (Lipinski definition) is 12. The van der Waals surface area contributed by atoms with Crippen molar-refractivity contribution in [2.24, 2.45) is 0 Å². The zero-order chi connectivity index (χ0) is 46.4. The molecule has 0 amide bonds. The normalized spacial score (nSPS) is 22.3. The summed E-state index contributed by atoms with van der Waals surface area (Å²) in [4.78, 5) is 35.7. The van der Waals surface area contributed by atoms with Gasteiger partial charge in [0.15, 0.2) is 6.10 Å². The molecule has 362 valence electrons. The average Bonchev–Trinajstić information content (AvgIpc) is 3.26. The van der Waals surface area contributed by atoms with Gasteiger partial charge in [-0.1, -0.05) is 145 Å². The van der Waals surface area contributed by atoms with E-state index in [9.17, 15) is 44.6 Å². The number of carbonyl (C=O) groups excluding carboxylic acids is 2. The number of allylic oxidation sites excluding steroid dienone is 12. The Labute approximate surface area is 378 Å². The molecule has 1 fully saturated rings. The molecule has 13 nitrogen and oxygen atoms in total. The Hall–Kier alpha value is -2.71. The lowest BCUT2D eigenvalue weighted by molar-refractivity contribution is -0.220. The molecule has 6 N–H and O–H groups in total. The Kier molecular flexibility index (Phi) is 35.7. The highest BCUT2D eigenvalue weighted by Gasteiger charge is 2.51. The highest BCUT2D eigenvalue weighted by molar-refractivity contribution is 7.47. The van der Waals surface area contributed by atoms with E-state index in [-0.39, 0.29) is 12.8 Å². The number of esters is 2. The Balaban J connectivity index is 2.47. The van der Waals surface area contributed by atoms with Crippen molar-refractivity contribution in [2.45, 2.75) is 211 Å². The van der Waals surface area contributed by atoms with Crippen LogP contribution in [0.4, 0.5) is 0 Å². The van der Waals surface area contributed by atoms with Gasteiger partial charge in [0.1, 0.15) is 43.2 Å². The Morgan fingerprint density at radius 1 is 0.508 bits per heavy atom. The zero-order valence-corrected chi connectivity index (χ0v) is 39.2. The van der Waals surface area contributed by atoms with Crippen molar-refractivity contribution < 1.29 is 63.1 Å². The van der Waals surface area contributed by atoms with E-state index in [1.807, 2.05) is 0 Å². The van der Waals surface area contributed by atoms with E-state index in [0.29, 0.717) is 12.8 Å². The van der Waals surface area contributed by atoms with Gasteiger partial charge in [0, 0.05) is 12.8 Å². The summed E-state index contributed by atoms with van der Waals surface area (Å²) in [5.41, 5.74) is 0. The minimum Gasteiger partial charge on any atom is -0.462 e. The van der Waals surface area contributed by atoms with Gasteiger partial charge < -0.3 is 39.9 Å². The summed E-state index contributed by atoms with van der Waals surface area (Å²) < 4.78 is 33.5. The molecule has 0 spiro atoms. The lowest BCUT2D eigenvalue weighted by atomic mass is 9.85. The van der Waals surface area contributed by atoms with Gasteiger partial charge in [-0.15, -0.1) is 0 Å². The molecular weight excluding hydrogens is 827 g/mol. The summed E-state index contributed by atoms with van der Waals surface area (Å²) in [5, 5.41) is 50.2. The molecule has 0 bridgehead atoms. The van der Waals surface area contributed by atoms with Gasteiger partial charge in [0.2, 0.25) is 0 Å². The van der Waals surface area contributed by atoms with Crippen LogP contribution in [0.25, 0.3) is 0 Å². The van der Waals surface area contributed by atoms with Crippen LogP contribution in [0.3, 0.4) is 0 Å². The van der Waals surface area contributed by atoms with E-state index in [4.69, 9.17) is 18.5 Å². The maximum atomic E-state index is 12.8. The molecule has 0 heterocycles. The Morgan fingerprint density at radius 3 is 1.41 bits per heavy atom. The molecule has 0 radical (unpaired) electrons. The largest absolute Gasteiger partial charge is 0.472 e. The van der Waals surface area contributed by atoms with Crippen LogP contribution in [-0.2, 0) is 32.7 Å². The summed E-state index contributed by atoms with van der Waals surface area (Å²) in [5.74, 6) is -1.16. The lowest BCUT2D eigenvalue weighted by Crippen LogP contribution is -2.64. The van der Waals surface area contributed by atoms with E-state index in [1.165, 1.54) is 51.4 Å². The fourth-order valence-corrected chi connectivity index (χ4v) is 7.69. The van der Waals surface area contributed by atoms with Crippen molar-refractivity contribution in [3.05, 3.63) is 72.9 Å². The number of hydrogen-bond donors (Lipinski definition) is 6. The average molecular weight is 911 g/mol. The third kappa shape index (κ3) is 31.0. The molecule has 1 aliphatic rings. The second-order valence-corrected chi connectivity index (χ2v) is 17.6. The minimum atomic E-state index is -5.13. The highest BCUT2D eigenvalue weighted by atomic mass is 31.2. The zero-order valence-electron chi connectivity index (χ0n) is 38.3. The Bertz CT molecular complexity index is 1380. The quantitative estimate of drug-likeness (QED) is 0.0148. The number of phosphoric ester groups is 1. The standard InChI is InChI=1S/C49H83O13P/c1-3-5-7-9-11-13-15-17-19-20-21-22-24-26-28-30-32-34-36-38-43(51)61-41(40-60-63(57,58)62-49-47(55)45(53)44(52)46(54)48(49)56)39-59-42(50)37-35-33-31-29-27-25-23-18-16-14-12-10-8-6-4-2/h6,8,11-14,17-19,23,27,29,41,44-49,52-56H,3-5,7,9-10,15-16,20-22,24-26,28,30-40H2,1-2H3,(H,57,58)/b8-6+,13-11+,14-12+,19-17+,23-18+,29-27+/t41-,44?,45-,46?,47?,48?,49?/m1/s1. The van der Waals surface area contributed by atoms with Crippen molar-refractivity contribution in [1.82, 2.24) is 0 Å². The number of ether oxygens (including phenoxy) is 2. The maximum absolute atomic E-state index is 12.8. The topological polar surface area (TPSA) is 210 Å². The number of rotatable bonds is 38. The molecule has 14 heteroatoms. The van der Waals surface area contributed by atoms with Crippen molar-refractivity contribution in [2.75, 3.05) is 13.2 Å². The van der Waals surface area contributed by atoms with Gasteiger partial charge in [-0.05, 0) is 83.5 Å². The molecule has 0 aromatic carbocycles. The fraction of sp³-hybridized carbons (Fsp3) is 0.714. The number of phosphoric acid groups is 1. The first-order valence-corrected chi connectivity index (χ1v) is 25.2. The molecule has 1 rings (SSSR count). The van der Waals surface area contributed by atoms with Crippen molar-refractivity contribution in [1.29, 1.82) is 0 Å². The summed E-state index contributed by atoms with van der Waals surface area (Å²) in [6, 6.07) is 0. The monoisotopic (exact) mass is 911 g/mol. The smallest absolute Gasteiger partial charge is 0.462 e. The molecule has 0 aromatic rings. The molecule has 0 saturated heterocycles. The van der Waals surface area contributed by atoms with Gasteiger partial charge >= 0.3 is 19.8 Å². The summed E-state index contributed by atoms with van der Waals surface area (Å²) in [6.45, 7) is 3.12. The second-order valence-electron chi connectivity index (χ2n) is 16.2. The Morgan fingerprint density at radius 2 is 0.905 bits per heavy atom. The highest BCUT2D eigenvalue weighted by Crippen LogP contribution is 2.47. The van der Waals surface area contributed by atoms with Gasteiger partial charge in [-0.2, -0.15) is 0 Å². The first-order chi connectivity index (χ1) is 30.4. The molecule has 8 atom stereocenters. The predicted octanol–water partition coefficient (Wildman–Crippen LogP) is 9.50. The number of aliphatic hydroxyl groups excluding tert-OH is 5. The lowest BCUT2D eigenvalue weighted by Gasteiger charge is -2.41. The van der Waals surface area contributed by atoms with E-state index >= 15 is 0 Å². The summed E-state index contributed by atoms with van der Waals surface area (Å²) in [7, 11) is -5.13. The molecule has 1 aliphatic carbocycles. The number of aliphatic hydroxyl groups is 5. The van der Waals surface area contributed by atoms with Gasteiger partial charge in [0.25, 0.3) is 0 Å². The van der Waals surface area contributed by atoms with E-state index in [0.717, 1.165) is 77.0 Å². The van der Waals surface area contributed by atoms with Crippen LogP contribution in [0.15, 0.2) is 72.9 Å². The fourth-order valence-electron chi connectivity index (χ4n) is 6.72. The van der Waals surface area contributed by atoms with Crippen LogP contribution >= 0.6 is 7.82 Å².